The fourth-order valence-corrected chi connectivity index (χ4v) is 3.58. The highest BCUT2D eigenvalue weighted by molar-refractivity contribution is 5.90. The van der Waals surface area contributed by atoms with Gasteiger partial charge in [-0.15, -0.1) is 0 Å². The van der Waals surface area contributed by atoms with E-state index in [9.17, 15) is 10.1 Å². The van der Waals surface area contributed by atoms with E-state index in [1.807, 2.05) is 24.3 Å². The molecule has 0 amide bonds. The first-order chi connectivity index (χ1) is 12.7. The number of benzene rings is 2. The van der Waals surface area contributed by atoms with E-state index >= 15 is 0 Å². The lowest BCUT2D eigenvalue weighted by atomic mass is 9.83. The molecule has 0 aliphatic carbocycles. The Hall–Kier alpha value is -2.64. The van der Waals surface area contributed by atoms with E-state index in [0.29, 0.717) is 5.75 Å². The van der Waals surface area contributed by atoms with Gasteiger partial charge in [0.2, 0.25) is 0 Å². The highest BCUT2D eigenvalue weighted by Crippen LogP contribution is 2.28. The number of rotatable bonds is 6. The first-order valence-corrected chi connectivity index (χ1v) is 9.05. The first-order valence-electron chi connectivity index (χ1n) is 9.05. The topological polar surface area (TPSA) is 53.3 Å². The van der Waals surface area contributed by atoms with Crippen LogP contribution in [0.3, 0.4) is 0 Å². The van der Waals surface area contributed by atoms with Gasteiger partial charge < -0.3 is 4.74 Å². The van der Waals surface area contributed by atoms with E-state index < -0.39 is 5.92 Å². The van der Waals surface area contributed by atoms with E-state index in [0.717, 1.165) is 38.0 Å². The Kier molecular flexibility index (Phi) is 6.04. The number of carbonyl (C=O) groups is 1. The van der Waals surface area contributed by atoms with Gasteiger partial charge in [-0.3, -0.25) is 9.69 Å². The second-order valence-electron chi connectivity index (χ2n) is 6.78. The van der Waals surface area contributed by atoms with Crippen molar-refractivity contribution >= 4 is 5.78 Å². The van der Waals surface area contributed by atoms with Gasteiger partial charge in [-0.25, -0.2) is 0 Å². The molecule has 1 fully saturated rings. The molecule has 1 atom stereocenters. The molecule has 4 heteroatoms. The number of methoxy groups -OCH3 is 1. The number of carbonyl (C=O) groups excluding carboxylic acids is 1. The van der Waals surface area contributed by atoms with E-state index in [2.05, 4.69) is 35.2 Å². The molecule has 2 aromatic carbocycles. The summed E-state index contributed by atoms with van der Waals surface area (Å²) in [4.78, 5) is 15.3. The summed E-state index contributed by atoms with van der Waals surface area (Å²) >= 11 is 0. The van der Waals surface area contributed by atoms with Crippen molar-refractivity contribution in [3.05, 3.63) is 65.7 Å². The Morgan fingerprint density at radius 2 is 1.92 bits per heavy atom. The van der Waals surface area contributed by atoms with Gasteiger partial charge >= 0.3 is 0 Å². The SMILES string of the molecule is COc1cccc(C(C#N)C(=O)C2CCN(Cc3ccccc3)CC2)c1. The number of hydrogen-bond acceptors (Lipinski definition) is 4. The van der Waals surface area contributed by atoms with Crippen molar-refractivity contribution in [3.8, 4) is 11.8 Å². The van der Waals surface area contributed by atoms with Gasteiger partial charge in [0.15, 0.2) is 5.78 Å². The van der Waals surface area contributed by atoms with Crippen molar-refractivity contribution in [2.75, 3.05) is 20.2 Å². The molecule has 0 N–H and O–H groups in total. The van der Waals surface area contributed by atoms with Gasteiger partial charge in [-0.1, -0.05) is 42.5 Å². The maximum absolute atomic E-state index is 12.9. The van der Waals surface area contributed by atoms with Gasteiger partial charge in [0.1, 0.15) is 11.7 Å². The van der Waals surface area contributed by atoms with Crippen LogP contribution in [0.4, 0.5) is 0 Å². The number of nitrogens with zero attached hydrogens (tertiary/aromatic N) is 2. The van der Waals surface area contributed by atoms with Crippen LogP contribution in [-0.2, 0) is 11.3 Å². The maximum Gasteiger partial charge on any atom is 0.157 e. The molecule has 26 heavy (non-hydrogen) atoms. The molecule has 1 unspecified atom stereocenters. The summed E-state index contributed by atoms with van der Waals surface area (Å²) < 4.78 is 5.22. The minimum Gasteiger partial charge on any atom is -0.497 e. The average molecular weight is 348 g/mol. The molecule has 0 spiro atoms. The Morgan fingerprint density at radius 3 is 2.58 bits per heavy atom. The molecule has 1 aliphatic rings. The van der Waals surface area contributed by atoms with Crippen molar-refractivity contribution in [2.24, 2.45) is 5.92 Å². The van der Waals surface area contributed by atoms with Crippen LogP contribution in [0, 0.1) is 17.2 Å². The Morgan fingerprint density at radius 1 is 1.19 bits per heavy atom. The summed E-state index contributed by atoms with van der Waals surface area (Å²) in [7, 11) is 1.59. The maximum atomic E-state index is 12.9. The van der Waals surface area contributed by atoms with E-state index in [-0.39, 0.29) is 11.7 Å². The zero-order valence-electron chi connectivity index (χ0n) is 15.1. The molecule has 4 nitrogen and oxygen atoms in total. The summed E-state index contributed by atoms with van der Waals surface area (Å²) in [6, 6.07) is 19.9. The minimum atomic E-state index is -0.712. The van der Waals surface area contributed by atoms with Gasteiger partial charge in [0.05, 0.1) is 13.2 Å². The predicted octanol–water partition coefficient (Wildman–Crippen LogP) is 3.78. The van der Waals surface area contributed by atoms with Crippen LogP contribution in [0.1, 0.15) is 29.9 Å². The summed E-state index contributed by atoms with van der Waals surface area (Å²) in [6.45, 7) is 2.70. The number of ether oxygens (including phenoxy) is 1. The fourth-order valence-electron chi connectivity index (χ4n) is 3.58. The summed E-state index contributed by atoms with van der Waals surface area (Å²) in [5.41, 5.74) is 2.02. The molecule has 2 aromatic rings. The number of ketones is 1. The third kappa shape index (κ3) is 4.30. The molecule has 0 saturated carbocycles. The zero-order valence-corrected chi connectivity index (χ0v) is 15.1. The second kappa shape index (κ2) is 8.64. The molecule has 1 aliphatic heterocycles. The average Bonchev–Trinajstić information content (AvgIpc) is 2.70. The lowest BCUT2D eigenvalue weighted by Crippen LogP contribution is -2.37. The molecule has 1 heterocycles. The Balaban J connectivity index is 1.61. The zero-order chi connectivity index (χ0) is 18.4. The molecular formula is C22H24N2O2. The lowest BCUT2D eigenvalue weighted by molar-refractivity contribution is -0.124. The Labute approximate surface area is 155 Å². The normalized spacial score (nSPS) is 16.6. The lowest BCUT2D eigenvalue weighted by Gasteiger charge is -2.32. The van der Waals surface area contributed by atoms with Crippen LogP contribution in [0.15, 0.2) is 54.6 Å². The van der Waals surface area contributed by atoms with E-state index in [4.69, 9.17) is 4.74 Å². The van der Waals surface area contributed by atoms with Crippen molar-refractivity contribution < 1.29 is 9.53 Å². The molecule has 0 bridgehead atoms. The highest BCUT2D eigenvalue weighted by atomic mass is 16.5. The molecule has 134 valence electrons. The summed E-state index contributed by atoms with van der Waals surface area (Å²) in [5.74, 6) is -0.0398. The number of nitriles is 1. The van der Waals surface area contributed by atoms with Gasteiger partial charge in [0, 0.05) is 12.5 Å². The van der Waals surface area contributed by atoms with Crippen LogP contribution in [0.25, 0.3) is 0 Å². The molecule has 0 aromatic heterocycles. The first kappa shape index (κ1) is 18.2. The Bertz CT molecular complexity index is 774. The highest BCUT2D eigenvalue weighted by Gasteiger charge is 2.31. The number of hydrogen-bond donors (Lipinski definition) is 0. The number of Topliss-reactive ketones (excluding diaryl/α,β-unsaturated/α-hetero) is 1. The fraction of sp³-hybridized carbons (Fsp3) is 0.364. The van der Waals surface area contributed by atoms with Gasteiger partial charge in [0.25, 0.3) is 0 Å². The predicted molar refractivity (Wildman–Crippen MR) is 101 cm³/mol. The van der Waals surface area contributed by atoms with Crippen LogP contribution < -0.4 is 4.74 Å². The smallest absolute Gasteiger partial charge is 0.157 e. The van der Waals surface area contributed by atoms with Crippen molar-refractivity contribution in [2.45, 2.75) is 25.3 Å². The second-order valence-corrected chi connectivity index (χ2v) is 6.78. The van der Waals surface area contributed by atoms with Gasteiger partial charge in [-0.2, -0.15) is 5.26 Å². The molecule has 3 rings (SSSR count). The molecular weight excluding hydrogens is 324 g/mol. The summed E-state index contributed by atoms with van der Waals surface area (Å²) in [5, 5.41) is 9.57. The molecule has 1 saturated heterocycles. The van der Waals surface area contributed by atoms with Crippen molar-refractivity contribution in [1.29, 1.82) is 5.26 Å². The van der Waals surface area contributed by atoms with E-state index in [1.54, 1.807) is 13.2 Å². The monoisotopic (exact) mass is 348 g/mol. The molecule has 0 radical (unpaired) electrons. The van der Waals surface area contributed by atoms with Crippen molar-refractivity contribution in [1.82, 2.24) is 4.90 Å². The third-order valence-corrected chi connectivity index (χ3v) is 5.08. The quantitative estimate of drug-likeness (QED) is 0.797. The van der Waals surface area contributed by atoms with Crippen LogP contribution >= 0.6 is 0 Å². The summed E-state index contributed by atoms with van der Waals surface area (Å²) in [6.07, 6.45) is 1.63. The minimum absolute atomic E-state index is 0.0418. The van der Waals surface area contributed by atoms with Crippen LogP contribution in [0.2, 0.25) is 0 Å². The number of likely N-dealkylation sites (tertiary alicyclic amines) is 1. The van der Waals surface area contributed by atoms with Crippen LogP contribution in [0.5, 0.6) is 5.75 Å². The standard InChI is InChI=1S/C22H24N2O2/c1-26-20-9-5-8-19(14-20)21(15-23)22(25)18-10-12-24(13-11-18)16-17-6-3-2-4-7-17/h2-9,14,18,21H,10-13,16H2,1H3. The number of piperidine rings is 1. The van der Waals surface area contributed by atoms with E-state index in [1.165, 1.54) is 5.56 Å². The van der Waals surface area contributed by atoms with Gasteiger partial charge in [-0.05, 0) is 49.2 Å². The van der Waals surface area contributed by atoms with Crippen LogP contribution in [-0.4, -0.2) is 30.9 Å². The van der Waals surface area contributed by atoms with Crippen molar-refractivity contribution in [3.63, 3.8) is 0 Å². The third-order valence-electron chi connectivity index (χ3n) is 5.08. The largest absolute Gasteiger partial charge is 0.497 e.